The van der Waals surface area contributed by atoms with Gasteiger partial charge < -0.3 is 5.73 Å². The average molecular weight is 247 g/mol. The van der Waals surface area contributed by atoms with Crippen molar-refractivity contribution in [2.24, 2.45) is 11.7 Å². The van der Waals surface area contributed by atoms with Crippen LogP contribution in [0.3, 0.4) is 0 Å². The molecule has 4 nitrogen and oxygen atoms in total. The monoisotopic (exact) mass is 247 g/mol. The molecule has 0 aromatic carbocycles. The maximum atomic E-state index is 11.2. The van der Waals surface area contributed by atoms with Gasteiger partial charge in [0.05, 0.1) is 11.7 Å². The van der Waals surface area contributed by atoms with Gasteiger partial charge in [-0.25, -0.2) is 4.98 Å². The zero-order chi connectivity index (χ0) is 13.1. The quantitative estimate of drug-likeness (QED) is 0.885. The molecule has 1 aliphatic rings. The molecule has 0 bridgehead atoms. The van der Waals surface area contributed by atoms with Crippen molar-refractivity contribution < 1.29 is 4.79 Å². The van der Waals surface area contributed by atoms with Crippen molar-refractivity contribution in [3.8, 4) is 0 Å². The molecule has 98 valence electrons. The lowest BCUT2D eigenvalue weighted by molar-refractivity contribution is 0.0995. The third kappa shape index (κ3) is 2.88. The maximum absolute atomic E-state index is 11.2. The summed E-state index contributed by atoms with van der Waals surface area (Å²) < 4.78 is 0. The molecule has 1 fully saturated rings. The van der Waals surface area contributed by atoms with Crippen LogP contribution in [0.1, 0.15) is 48.9 Å². The van der Waals surface area contributed by atoms with Gasteiger partial charge in [-0.3, -0.25) is 9.69 Å². The minimum absolute atomic E-state index is 0.340. The van der Waals surface area contributed by atoms with E-state index < -0.39 is 5.91 Å². The second-order valence-corrected chi connectivity index (χ2v) is 5.36. The van der Waals surface area contributed by atoms with Crippen LogP contribution < -0.4 is 5.73 Å². The number of aromatic nitrogens is 1. The fraction of sp³-hybridized carbons (Fsp3) is 0.571. The molecule has 0 saturated carbocycles. The number of amides is 1. The van der Waals surface area contributed by atoms with E-state index in [-0.39, 0.29) is 0 Å². The van der Waals surface area contributed by atoms with E-state index in [4.69, 9.17) is 5.73 Å². The van der Waals surface area contributed by atoms with Crippen LogP contribution in [0.15, 0.2) is 18.2 Å². The van der Waals surface area contributed by atoms with E-state index >= 15 is 0 Å². The summed E-state index contributed by atoms with van der Waals surface area (Å²) >= 11 is 0. The van der Waals surface area contributed by atoms with E-state index in [1.54, 1.807) is 6.07 Å². The standard InChI is InChI=1S/C14H21N3O/c1-10(2)9-17-8-4-7-13(17)11-5-3-6-12(16-11)14(15)18/h3,5-6,10,13H,4,7-9H2,1-2H3,(H2,15,18)/t13-/m1/s1. The molecule has 18 heavy (non-hydrogen) atoms. The highest BCUT2D eigenvalue weighted by molar-refractivity contribution is 5.90. The van der Waals surface area contributed by atoms with Crippen LogP contribution >= 0.6 is 0 Å². The van der Waals surface area contributed by atoms with E-state index in [2.05, 4.69) is 23.7 Å². The first kappa shape index (κ1) is 13.0. The summed E-state index contributed by atoms with van der Waals surface area (Å²) in [5, 5.41) is 0. The Labute approximate surface area is 108 Å². The largest absolute Gasteiger partial charge is 0.364 e. The van der Waals surface area contributed by atoms with Crippen LogP contribution in [-0.2, 0) is 0 Å². The molecule has 1 aromatic rings. The average Bonchev–Trinajstić information content (AvgIpc) is 2.76. The lowest BCUT2D eigenvalue weighted by atomic mass is 10.1. The molecule has 1 saturated heterocycles. The molecule has 1 aliphatic heterocycles. The van der Waals surface area contributed by atoms with Crippen LogP contribution in [0.25, 0.3) is 0 Å². The first-order chi connectivity index (χ1) is 8.58. The van der Waals surface area contributed by atoms with Gasteiger partial charge in [0.15, 0.2) is 0 Å². The van der Waals surface area contributed by atoms with Crippen LogP contribution in [0, 0.1) is 5.92 Å². The molecule has 1 atom stereocenters. The molecule has 2 N–H and O–H groups in total. The van der Waals surface area contributed by atoms with Crippen molar-refractivity contribution in [1.82, 2.24) is 9.88 Å². The maximum Gasteiger partial charge on any atom is 0.267 e. The summed E-state index contributed by atoms with van der Waals surface area (Å²) in [4.78, 5) is 18.0. The van der Waals surface area contributed by atoms with E-state index in [9.17, 15) is 4.79 Å². The number of carbonyl (C=O) groups excluding carboxylic acids is 1. The number of likely N-dealkylation sites (tertiary alicyclic amines) is 1. The van der Waals surface area contributed by atoms with Crippen molar-refractivity contribution in [2.75, 3.05) is 13.1 Å². The van der Waals surface area contributed by atoms with E-state index in [0.717, 1.165) is 25.2 Å². The predicted molar refractivity (Wildman–Crippen MR) is 71.1 cm³/mol. The van der Waals surface area contributed by atoms with Gasteiger partial charge in [0.2, 0.25) is 0 Å². The number of nitrogens with zero attached hydrogens (tertiary/aromatic N) is 2. The Balaban J connectivity index is 2.19. The molecule has 0 spiro atoms. The van der Waals surface area contributed by atoms with E-state index in [1.807, 2.05) is 12.1 Å². The number of hydrogen-bond donors (Lipinski definition) is 1. The van der Waals surface area contributed by atoms with Gasteiger partial charge in [-0.1, -0.05) is 19.9 Å². The van der Waals surface area contributed by atoms with E-state index in [1.165, 1.54) is 6.42 Å². The molecule has 2 heterocycles. The Morgan fingerprint density at radius 3 is 3.00 bits per heavy atom. The first-order valence-electron chi connectivity index (χ1n) is 6.58. The highest BCUT2D eigenvalue weighted by Crippen LogP contribution is 2.31. The topological polar surface area (TPSA) is 59.2 Å². The smallest absolute Gasteiger partial charge is 0.267 e. The number of primary amides is 1. The summed E-state index contributed by atoms with van der Waals surface area (Å²) in [6.45, 7) is 6.64. The van der Waals surface area contributed by atoms with Crippen LogP contribution in [0.5, 0.6) is 0 Å². The third-order valence-corrected chi connectivity index (χ3v) is 3.33. The number of rotatable bonds is 4. The van der Waals surface area contributed by atoms with Crippen LogP contribution in [0.2, 0.25) is 0 Å². The normalized spacial score (nSPS) is 20.5. The Bertz CT molecular complexity index is 431. The highest BCUT2D eigenvalue weighted by atomic mass is 16.1. The molecule has 0 radical (unpaired) electrons. The highest BCUT2D eigenvalue weighted by Gasteiger charge is 2.27. The van der Waals surface area contributed by atoms with Gasteiger partial charge in [0.25, 0.3) is 5.91 Å². The number of hydrogen-bond acceptors (Lipinski definition) is 3. The van der Waals surface area contributed by atoms with Gasteiger partial charge in [0.1, 0.15) is 5.69 Å². The fourth-order valence-electron chi connectivity index (χ4n) is 2.62. The number of carbonyl (C=O) groups is 1. The van der Waals surface area contributed by atoms with Crippen LogP contribution in [-0.4, -0.2) is 28.9 Å². The van der Waals surface area contributed by atoms with Gasteiger partial charge >= 0.3 is 0 Å². The first-order valence-corrected chi connectivity index (χ1v) is 6.58. The van der Waals surface area contributed by atoms with Gasteiger partial charge in [-0.2, -0.15) is 0 Å². The van der Waals surface area contributed by atoms with E-state index in [0.29, 0.717) is 17.7 Å². The van der Waals surface area contributed by atoms with Crippen molar-refractivity contribution in [2.45, 2.75) is 32.7 Å². The summed E-state index contributed by atoms with van der Waals surface area (Å²) in [5.74, 6) is 0.190. The summed E-state index contributed by atoms with van der Waals surface area (Å²) in [6.07, 6.45) is 2.31. The molecular formula is C14H21N3O. The lowest BCUT2D eigenvalue weighted by Gasteiger charge is -2.25. The van der Waals surface area contributed by atoms with Crippen molar-refractivity contribution in [1.29, 1.82) is 0 Å². The van der Waals surface area contributed by atoms with Gasteiger partial charge in [-0.05, 0) is 37.4 Å². The summed E-state index contributed by atoms with van der Waals surface area (Å²) in [6, 6.07) is 5.88. The molecule has 0 unspecified atom stereocenters. The molecule has 0 aliphatic carbocycles. The van der Waals surface area contributed by atoms with Crippen LogP contribution in [0.4, 0.5) is 0 Å². The third-order valence-electron chi connectivity index (χ3n) is 3.33. The zero-order valence-electron chi connectivity index (χ0n) is 11.1. The fourth-order valence-corrected chi connectivity index (χ4v) is 2.62. The Morgan fingerprint density at radius 2 is 2.33 bits per heavy atom. The molecule has 1 amide bonds. The Morgan fingerprint density at radius 1 is 1.56 bits per heavy atom. The van der Waals surface area contributed by atoms with Crippen molar-refractivity contribution in [3.63, 3.8) is 0 Å². The molecule has 1 aromatic heterocycles. The zero-order valence-corrected chi connectivity index (χ0v) is 11.1. The SMILES string of the molecule is CC(C)CN1CCC[C@@H]1c1cccc(C(N)=O)n1. The van der Waals surface area contributed by atoms with Crippen molar-refractivity contribution >= 4 is 5.91 Å². The minimum Gasteiger partial charge on any atom is -0.364 e. The second kappa shape index (κ2) is 5.48. The summed E-state index contributed by atoms with van der Waals surface area (Å²) in [5.41, 5.74) is 6.62. The second-order valence-electron chi connectivity index (χ2n) is 5.36. The van der Waals surface area contributed by atoms with Gasteiger partial charge in [-0.15, -0.1) is 0 Å². The Kier molecular flexibility index (Phi) is 3.97. The Hall–Kier alpha value is -1.42. The van der Waals surface area contributed by atoms with Gasteiger partial charge in [0, 0.05) is 6.54 Å². The minimum atomic E-state index is -0.453. The molecular weight excluding hydrogens is 226 g/mol. The van der Waals surface area contributed by atoms with Crippen molar-refractivity contribution in [3.05, 3.63) is 29.6 Å². The molecule has 2 rings (SSSR count). The summed E-state index contributed by atoms with van der Waals surface area (Å²) in [7, 11) is 0. The number of pyridine rings is 1. The number of nitrogens with two attached hydrogens (primary N) is 1. The lowest BCUT2D eigenvalue weighted by Crippen LogP contribution is -2.28. The predicted octanol–water partition coefficient (Wildman–Crippen LogP) is 1.97. The molecule has 4 heteroatoms.